The monoisotopic (exact) mass is 509 g/mol. The van der Waals surface area contributed by atoms with E-state index in [2.05, 4.69) is 9.97 Å². The van der Waals surface area contributed by atoms with Crippen LogP contribution in [-0.2, 0) is 0 Å². The van der Waals surface area contributed by atoms with Crippen molar-refractivity contribution in [2.75, 3.05) is 0 Å². The molecule has 0 fully saturated rings. The number of hydrogen-bond donors (Lipinski definition) is 0. The first-order valence-corrected chi connectivity index (χ1v) is 8.59. The molecule has 2 aromatic heterocycles. The highest BCUT2D eigenvalue weighted by Gasteiger charge is 2.24. The fraction of sp³-hybridized carbons (Fsp3) is 0. The van der Waals surface area contributed by atoms with Crippen molar-refractivity contribution in [2.45, 2.75) is 0 Å². The lowest BCUT2D eigenvalue weighted by Crippen LogP contribution is -1.93. The predicted molar refractivity (Wildman–Crippen MR) is 100 cm³/mol. The Balaban J connectivity index is 0.000000243. The van der Waals surface area contributed by atoms with Crippen molar-refractivity contribution in [2.24, 2.45) is 0 Å². The zero-order chi connectivity index (χ0) is 18.8. The van der Waals surface area contributed by atoms with E-state index in [-0.39, 0.29) is 45.7 Å². The molecule has 0 aliphatic heterocycles. The maximum Gasteiger partial charge on any atom is 0.312 e. The molecule has 14 heteroatoms. The predicted octanol–water partition coefficient (Wildman–Crippen LogP) is 7.95. The van der Waals surface area contributed by atoms with E-state index in [1.165, 1.54) is 0 Å². The van der Waals surface area contributed by atoms with Crippen LogP contribution in [0.3, 0.4) is 0 Å². The van der Waals surface area contributed by atoms with Crippen LogP contribution in [0.5, 0.6) is 0 Å². The van der Waals surface area contributed by atoms with Crippen molar-refractivity contribution in [1.29, 1.82) is 0 Å². The van der Waals surface area contributed by atoms with E-state index in [0.29, 0.717) is 0 Å². The normalized spacial score (nSPS) is 10.2. The third-order valence-electron chi connectivity index (χ3n) is 2.10. The molecule has 0 radical (unpaired) electrons. The van der Waals surface area contributed by atoms with Crippen LogP contribution < -0.4 is 0 Å². The Kier molecular flexibility index (Phi) is 8.67. The molecule has 130 valence electrons. The van der Waals surface area contributed by atoms with Gasteiger partial charge in [0.25, 0.3) is 0 Å². The molecule has 0 aliphatic rings. The van der Waals surface area contributed by atoms with Crippen molar-refractivity contribution < 1.29 is 4.92 Å². The van der Waals surface area contributed by atoms with Gasteiger partial charge in [0.15, 0.2) is 30.7 Å². The van der Waals surface area contributed by atoms with Gasteiger partial charge in [0, 0.05) is 0 Å². The number of nitro groups is 1. The average molecular weight is 513 g/mol. The number of nitrogens with zero attached hydrogens (tertiary/aromatic N) is 3. The third-order valence-corrected chi connectivity index (χ3v) is 5.61. The highest BCUT2D eigenvalue weighted by atomic mass is 35.5. The Morgan fingerprint density at radius 1 is 0.583 bits per heavy atom. The molecule has 2 rings (SSSR count). The van der Waals surface area contributed by atoms with Crippen molar-refractivity contribution >= 4 is 110 Å². The lowest BCUT2D eigenvalue weighted by molar-refractivity contribution is -0.384. The summed E-state index contributed by atoms with van der Waals surface area (Å²) in [6.07, 6.45) is 0. The quantitative estimate of drug-likeness (QED) is 0.221. The largest absolute Gasteiger partial charge is 0.312 e. The molecule has 0 N–H and O–H groups in total. The molecule has 0 spiro atoms. The van der Waals surface area contributed by atoms with Crippen LogP contribution in [0.25, 0.3) is 0 Å². The van der Waals surface area contributed by atoms with Crippen LogP contribution in [0.15, 0.2) is 0 Å². The summed E-state index contributed by atoms with van der Waals surface area (Å²) in [5, 5.41) is 9.75. The summed E-state index contributed by atoms with van der Waals surface area (Å²) in [5.74, 6) is 0. The molecule has 24 heavy (non-hydrogen) atoms. The maximum atomic E-state index is 10.4. The minimum absolute atomic E-state index is 0.0473. The molecule has 5 nitrogen and oxygen atoms in total. The number of pyridine rings is 2. The summed E-state index contributed by atoms with van der Waals surface area (Å²) >= 11 is 49.7. The number of aromatic nitrogens is 2. The Hall–Kier alpha value is 0.310. The van der Waals surface area contributed by atoms with E-state index in [0.717, 1.165) is 0 Å². The molecule has 0 bridgehead atoms. The van der Waals surface area contributed by atoms with Gasteiger partial charge in [0.05, 0.1) is 20.0 Å². The fourth-order valence-corrected chi connectivity index (χ4v) is 2.95. The molecule has 0 aliphatic carbocycles. The number of halogens is 9. The Bertz CT molecular complexity index is 763. The van der Waals surface area contributed by atoms with Gasteiger partial charge < -0.3 is 0 Å². The van der Waals surface area contributed by atoms with E-state index < -0.39 is 10.6 Å². The van der Waals surface area contributed by atoms with E-state index in [4.69, 9.17) is 104 Å². The third kappa shape index (κ3) is 5.16. The molecule has 0 unspecified atom stereocenters. The SMILES string of the molecule is Clc1nc(Cl)c(Cl)c(Cl)c1Cl.O=[N+]([O-])c1c(Cl)c(Cl)nc(Cl)c1Cl. The van der Waals surface area contributed by atoms with E-state index in [1.807, 2.05) is 0 Å². The lowest BCUT2D eigenvalue weighted by atomic mass is 10.4. The maximum absolute atomic E-state index is 10.4. The first kappa shape index (κ1) is 22.4. The smallest absolute Gasteiger partial charge is 0.258 e. The zero-order valence-electron chi connectivity index (χ0n) is 10.6. The molecule has 2 heterocycles. The standard InChI is InChI=1S/C5Cl5N.C5Cl4N2O2/c6-1-2(7)4(9)11-5(10)3(1)8;6-1-3(11(12)13)2(7)5(9)10-4(1)8. The van der Waals surface area contributed by atoms with Gasteiger partial charge in [0.2, 0.25) is 0 Å². The molecule has 0 amide bonds. The Morgan fingerprint density at radius 3 is 1.17 bits per heavy atom. The van der Waals surface area contributed by atoms with Crippen molar-refractivity contribution in [1.82, 2.24) is 9.97 Å². The highest BCUT2D eigenvalue weighted by Crippen LogP contribution is 2.40. The second-order valence-electron chi connectivity index (χ2n) is 3.56. The second-order valence-corrected chi connectivity index (χ2v) is 6.88. The van der Waals surface area contributed by atoms with Gasteiger partial charge in [-0.1, -0.05) is 104 Å². The van der Waals surface area contributed by atoms with Gasteiger partial charge in [-0.2, -0.15) is 0 Å². The summed E-state index contributed by atoms with van der Waals surface area (Å²) in [5.41, 5.74) is -0.534. The van der Waals surface area contributed by atoms with Crippen LogP contribution >= 0.6 is 104 Å². The minimum atomic E-state index is -0.774. The van der Waals surface area contributed by atoms with Crippen molar-refractivity contribution in [3.8, 4) is 0 Å². The van der Waals surface area contributed by atoms with Crippen LogP contribution in [0, 0.1) is 10.1 Å². The van der Waals surface area contributed by atoms with E-state index >= 15 is 0 Å². The second kappa shape index (κ2) is 9.31. The summed E-state index contributed by atoms with van der Waals surface area (Å²) in [6, 6.07) is 0. The minimum Gasteiger partial charge on any atom is -0.258 e. The van der Waals surface area contributed by atoms with Gasteiger partial charge in [-0.25, -0.2) is 9.97 Å². The van der Waals surface area contributed by atoms with Crippen molar-refractivity contribution in [3.05, 3.63) is 55.8 Å². The molecular formula is C10Cl9N3O2. The summed E-state index contributed by atoms with van der Waals surface area (Å²) in [6.45, 7) is 0. The summed E-state index contributed by atoms with van der Waals surface area (Å²) in [4.78, 5) is 16.8. The first-order valence-electron chi connectivity index (χ1n) is 5.18. The van der Waals surface area contributed by atoms with Gasteiger partial charge in [0.1, 0.15) is 0 Å². The average Bonchev–Trinajstić information content (AvgIpc) is 2.49. The zero-order valence-corrected chi connectivity index (χ0v) is 17.4. The van der Waals surface area contributed by atoms with Crippen LogP contribution in [-0.4, -0.2) is 14.9 Å². The molecule has 0 atom stereocenters. The van der Waals surface area contributed by atoms with E-state index in [1.54, 1.807) is 0 Å². The Labute approximate surface area is 179 Å². The Morgan fingerprint density at radius 2 is 0.875 bits per heavy atom. The molecular weight excluding hydrogens is 513 g/mol. The molecule has 0 saturated carbocycles. The lowest BCUT2D eigenvalue weighted by Gasteiger charge is -2.01. The number of hydrogen-bond acceptors (Lipinski definition) is 4. The van der Waals surface area contributed by atoms with Crippen LogP contribution in [0.1, 0.15) is 0 Å². The van der Waals surface area contributed by atoms with Crippen LogP contribution in [0.2, 0.25) is 45.7 Å². The topological polar surface area (TPSA) is 68.9 Å². The molecule has 0 aromatic carbocycles. The summed E-state index contributed by atoms with van der Waals surface area (Å²) < 4.78 is 0. The van der Waals surface area contributed by atoms with Gasteiger partial charge >= 0.3 is 5.69 Å². The number of rotatable bonds is 1. The van der Waals surface area contributed by atoms with Gasteiger partial charge in [-0.3, -0.25) is 10.1 Å². The molecule has 2 aromatic rings. The van der Waals surface area contributed by atoms with Crippen LogP contribution in [0.4, 0.5) is 5.69 Å². The molecule has 0 saturated heterocycles. The van der Waals surface area contributed by atoms with Gasteiger partial charge in [-0.15, -0.1) is 0 Å². The fourth-order valence-electron chi connectivity index (χ4n) is 1.10. The van der Waals surface area contributed by atoms with Gasteiger partial charge in [-0.05, 0) is 0 Å². The highest BCUT2D eigenvalue weighted by molar-refractivity contribution is 6.53. The first-order chi connectivity index (χ1) is 11.0. The summed E-state index contributed by atoms with van der Waals surface area (Å²) in [7, 11) is 0. The van der Waals surface area contributed by atoms with E-state index in [9.17, 15) is 10.1 Å². The van der Waals surface area contributed by atoms with Crippen molar-refractivity contribution in [3.63, 3.8) is 0 Å².